The number of aromatic hydroxyl groups is 1. The van der Waals surface area contributed by atoms with Gasteiger partial charge in [0.1, 0.15) is 5.75 Å². The number of hydrogen-bond donors (Lipinski definition) is 3. The van der Waals surface area contributed by atoms with Crippen molar-refractivity contribution in [3.8, 4) is 5.75 Å². The van der Waals surface area contributed by atoms with E-state index in [1.807, 2.05) is 6.07 Å². The summed E-state index contributed by atoms with van der Waals surface area (Å²) in [5.41, 5.74) is 3.21. The minimum absolute atomic E-state index is 0. The molecule has 1 aliphatic rings. The van der Waals surface area contributed by atoms with Crippen LogP contribution in [0, 0.1) is 0 Å². The van der Waals surface area contributed by atoms with Gasteiger partial charge in [0, 0.05) is 17.8 Å². The summed E-state index contributed by atoms with van der Waals surface area (Å²) in [6, 6.07) is 3.41. The molecule has 1 aromatic carbocycles. The van der Waals surface area contributed by atoms with Crippen LogP contribution in [0.1, 0.15) is 35.6 Å². The summed E-state index contributed by atoms with van der Waals surface area (Å²) in [7, 11) is -3.43. The fourth-order valence-electron chi connectivity index (χ4n) is 2.97. The Morgan fingerprint density at radius 1 is 1.41 bits per heavy atom. The number of halogens is 1. The minimum atomic E-state index is -3.43. The highest BCUT2D eigenvalue weighted by molar-refractivity contribution is 7.92. The average Bonchev–Trinajstić information content (AvgIpc) is 2.94. The Kier molecular flexibility index (Phi) is 4.67. The van der Waals surface area contributed by atoms with E-state index in [1.165, 1.54) is 0 Å². The van der Waals surface area contributed by atoms with Gasteiger partial charge in [-0.15, -0.1) is 12.4 Å². The molecule has 1 aliphatic carbocycles. The number of aromatic amines is 1. The molecule has 1 heterocycles. The van der Waals surface area contributed by atoms with Crippen LogP contribution in [0.4, 0.5) is 5.69 Å². The van der Waals surface area contributed by atoms with Gasteiger partial charge in [-0.05, 0) is 36.5 Å². The Bertz CT molecular complexity index is 760. The molecule has 0 saturated heterocycles. The summed E-state index contributed by atoms with van der Waals surface area (Å²) < 4.78 is 25.5. The first-order valence-corrected chi connectivity index (χ1v) is 8.65. The lowest BCUT2D eigenvalue weighted by molar-refractivity contribution is 0.475. The molecule has 0 spiro atoms. The first kappa shape index (κ1) is 16.6. The van der Waals surface area contributed by atoms with Gasteiger partial charge in [-0.2, -0.15) is 0 Å². The molecule has 3 N–H and O–H groups in total. The van der Waals surface area contributed by atoms with Gasteiger partial charge in [-0.1, -0.05) is 6.07 Å². The van der Waals surface area contributed by atoms with E-state index in [9.17, 15) is 13.5 Å². The Balaban J connectivity index is 0.00000176. The van der Waals surface area contributed by atoms with Crippen molar-refractivity contribution in [3.63, 3.8) is 0 Å². The fourth-order valence-corrected chi connectivity index (χ4v) is 3.56. The van der Waals surface area contributed by atoms with E-state index in [0.717, 1.165) is 42.3 Å². The molecule has 120 valence electrons. The summed E-state index contributed by atoms with van der Waals surface area (Å²) in [5.74, 6) is 0.112. The molecule has 0 amide bonds. The second-order valence-electron chi connectivity index (χ2n) is 5.35. The van der Waals surface area contributed by atoms with Gasteiger partial charge in [0.05, 0.1) is 18.3 Å². The van der Waals surface area contributed by atoms with Gasteiger partial charge in [-0.3, -0.25) is 4.72 Å². The maximum atomic E-state index is 11.5. The molecule has 6 nitrogen and oxygen atoms in total. The van der Waals surface area contributed by atoms with Crippen molar-refractivity contribution in [1.29, 1.82) is 0 Å². The molecule has 0 aliphatic heterocycles. The molecular weight excluding hydrogens is 326 g/mol. The quantitative estimate of drug-likeness (QED) is 0.745. The maximum Gasteiger partial charge on any atom is 0.229 e. The Morgan fingerprint density at radius 2 is 2.18 bits per heavy atom. The van der Waals surface area contributed by atoms with Crippen LogP contribution in [0.5, 0.6) is 5.75 Å². The van der Waals surface area contributed by atoms with Crippen molar-refractivity contribution in [1.82, 2.24) is 9.97 Å². The van der Waals surface area contributed by atoms with Crippen molar-refractivity contribution < 1.29 is 13.5 Å². The summed E-state index contributed by atoms with van der Waals surface area (Å²) in [4.78, 5) is 7.17. The maximum absolute atomic E-state index is 11.5. The molecule has 1 atom stereocenters. The summed E-state index contributed by atoms with van der Waals surface area (Å²) in [6.45, 7) is 0. The zero-order valence-corrected chi connectivity index (χ0v) is 13.7. The lowest BCUT2D eigenvalue weighted by Crippen LogP contribution is -2.17. The van der Waals surface area contributed by atoms with E-state index in [4.69, 9.17) is 0 Å². The predicted molar refractivity (Wildman–Crippen MR) is 87.2 cm³/mol. The molecule has 2 aromatic rings. The fraction of sp³-hybridized carbons (Fsp3) is 0.357. The number of nitrogens with zero attached hydrogens (tertiary/aromatic N) is 1. The van der Waals surface area contributed by atoms with Crippen LogP contribution in [0.2, 0.25) is 0 Å². The number of hydrogen-bond acceptors (Lipinski definition) is 4. The lowest BCUT2D eigenvalue weighted by Gasteiger charge is -2.27. The molecule has 0 bridgehead atoms. The number of anilines is 1. The monoisotopic (exact) mass is 343 g/mol. The molecule has 22 heavy (non-hydrogen) atoms. The largest absolute Gasteiger partial charge is 0.506 e. The third-order valence-corrected chi connectivity index (χ3v) is 4.38. The SMILES string of the molecule is CS(=O)(=O)Nc1c(O)ccc2c1CCCC2c1cnc[nH]1.Cl. The molecular formula is C14H18ClN3O3S. The number of nitrogens with one attached hydrogen (secondary N) is 2. The van der Waals surface area contributed by atoms with Crippen LogP contribution < -0.4 is 4.72 Å². The Hall–Kier alpha value is -1.73. The molecule has 0 radical (unpaired) electrons. The number of benzene rings is 1. The number of sulfonamides is 1. The van der Waals surface area contributed by atoms with Gasteiger partial charge in [0.15, 0.2) is 0 Å². The molecule has 1 aromatic heterocycles. The number of fused-ring (bicyclic) bond motifs is 1. The second-order valence-corrected chi connectivity index (χ2v) is 7.10. The number of H-pyrrole nitrogens is 1. The van der Waals surface area contributed by atoms with E-state index >= 15 is 0 Å². The van der Waals surface area contributed by atoms with Gasteiger partial charge in [-0.25, -0.2) is 13.4 Å². The third-order valence-electron chi connectivity index (χ3n) is 3.80. The molecule has 8 heteroatoms. The van der Waals surface area contributed by atoms with E-state index in [-0.39, 0.29) is 24.1 Å². The number of imidazole rings is 1. The number of phenols is 1. The van der Waals surface area contributed by atoms with Gasteiger partial charge in [0.2, 0.25) is 10.0 Å². The number of phenolic OH excluding ortho intramolecular Hbond substituents is 1. The van der Waals surface area contributed by atoms with Gasteiger partial charge < -0.3 is 10.1 Å². The molecule has 3 rings (SSSR count). The number of rotatable bonds is 3. The topological polar surface area (TPSA) is 95.1 Å². The third kappa shape index (κ3) is 3.20. The van der Waals surface area contributed by atoms with Crippen LogP contribution in [0.15, 0.2) is 24.7 Å². The lowest BCUT2D eigenvalue weighted by atomic mass is 9.80. The zero-order valence-electron chi connectivity index (χ0n) is 12.0. The predicted octanol–water partition coefficient (Wildman–Crippen LogP) is 2.38. The van der Waals surface area contributed by atoms with Crippen molar-refractivity contribution in [2.45, 2.75) is 25.2 Å². The number of aromatic nitrogens is 2. The highest BCUT2D eigenvalue weighted by Crippen LogP contribution is 2.42. The van der Waals surface area contributed by atoms with Crippen LogP contribution in [0.3, 0.4) is 0 Å². The van der Waals surface area contributed by atoms with E-state index in [0.29, 0.717) is 5.69 Å². The second kappa shape index (κ2) is 6.18. The molecule has 1 unspecified atom stereocenters. The van der Waals surface area contributed by atoms with Crippen molar-refractivity contribution in [2.24, 2.45) is 0 Å². The van der Waals surface area contributed by atoms with E-state index < -0.39 is 10.0 Å². The summed E-state index contributed by atoms with van der Waals surface area (Å²) in [6.07, 6.45) is 7.15. The van der Waals surface area contributed by atoms with Crippen LogP contribution in [-0.4, -0.2) is 29.7 Å². The molecule has 0 fully saturated rings. The van der Waals surface area contributed by atoms with E-state index in [2.05, 4.69) is 14.7 Å². The van der Waals surface area contributed by atoms with Gasteiger partial charge in [0.25, 0.3) is 0 Å². The Morgan fingerprint density at radius 3 is 2.82 bits per heavy atom. The average molecular weight is 344 g/mol. The summed E-state index contributed by atoms with van der Waals surface area (Å²) in [5, 5.41) is 10.00. The van der Waals surface area contributed by atoms with Crippen molar-refractivity contribution >= 4 is 28.1 Å². The highest BCUT2D eigenvalue weighted by Gasteiger charge is 2.26. The molecule has 0 saturated carbocycles. The zero-order chi connectivity index (χ0) is 15.0. The van der Waals surface area contributed by atoms with Gasteiger partial charge >= 0.3 is 0 Å². The Labute approximate surface area is 135 Å². The first-order valence-electron chi connectivity index (χ1n) is 6.76. The summed E-state index contributed by atoms with van der Waals surface area (Å²) >= 11 is 0. The van der Waals surface area contributed by atoms with Crippen LogP contribution >= 0.6 is 12.4 Å². The normalized spacial score (nSPS) is 17.4. The highest BCUT2D eigenvalue weighted by atomic mass is 35.5. The van der Waals surface area contributed by atoms with E-state index in [1.54, 1.807) is 18.6 Å². The van der Waals surface area contributed by atoms with Crippen LogP contribution in [0.25, 0.3) is 0 Å². The minimum Gasteiger partial charge on any atom is -0.506 e. The smallest absolute Gasteiger partial charge is 0.229 e. The standard InChI is InChI=1S/C14H17N3O3S.ClH/c1-21(19,20)17-14-11-4-2-3-10(12-7-15-8-16-12)9(11)5-6-13(14)18;/h5-8,10,17-18H,2-4H2,1H3,(H,15,16);1H. The van der Waals surface area contributed by atoms with Crippen molar-refractivity contribution in [3.05, 3.63) is 41.5 Å². The first-order chi connectivity index (χ1) is 9.96. The van der Waals surface area contributed by atoms with Crippen molar-refractivity contribution in [2.75, 3.05) is 11.0 Å². The van der Waals surface area contributed by atoms with Crippen LogP contribution in [-0.2, 0) is 16.4 Å².